The zero-order valence-electron chi connectivity index (χ0n) is 10.3. The minimum Gasteiger partial charge on any atom is -0.496 e. The number of anilines is 1. The fraction of sp³-hybridized carbons (Fsp3) is 0.182. The van der Waals surface area contributed by atoms with Gasteiger partial charge in [0.05, 0.1) is 13.3 Å². The van der Waals surface area contributed by atoms with Gasteiger partial charge in [-0.1, -0.05) is 0 Å². The molecule has 0 unspecified atom stereocenters. The highest BCUT2D eigenvalue weighted by Gasteiger charge is 2.20. The van der Waals surface area contributed by atoms with Gasteiger partial charge in [0, 0.05) is 23.4 Å². The van der Waals surface area contributed by atoms with E-state index in [9.17, 15) is 12.8 Å². The number of benzene rings is 1. The number of aromatic nitrogens is 2. The van der Waals surface area contributed by atoms with Crippen molar-refractivity contribution in [2.45, 2.75) is 4.90 Å². The molecule has 2 rings (SSSR count). The maximum Gasteiger partial charge on any atom is 0.178 e. The summed E-state index contributed by atoms with van der Waals surface area (Å²) in [7, 11) is -2.31. The normalized spacial score (nSPS) is 11.5. The summed E-state index contributed by atoms with van der Waals surface area (Å²) in [5.41, 5.74) is 6.43. The molecule has 1 aromatic carbocycles. The molecule has 1 heterocycles. The Hall–Kier alpha value is -2.09. The van der Waals surface area contributed by atoms with Crippen molar-refractivity contribution in [3.05, 3.63) is 24.1 Å². The molecule has 0 aliphatic rings. The summed E-state index contributed by atoms with van der Waals surface area (Å²) in [6.45, 7) is 0. The van der Waals surface area contributed by atoms with Gasteiger partial charge < -0.3 is 10.5 Å². The number of hydrogen-bond donors (Lipinski definition) is 2. The van der Waals surface area contributed by atoms with Crippen LogP contribution in [-0.2, 0) is 9.84 Å². The largest absolute Gasteiger partial charge is 0.496 e. The van der Waals surface area contributed by atoms with Gasteiger partial charge in [-0.05, 0) is 6.07 Å². The molecule has 0 saturated heterocycles. The van der Waals surface area contributed by atoms with E-state index in [4.69, 9.17) is 10.5 Å². The number of halogens is 1. The Morgan fingerprint density at radius 2 is 2.05 bits per heavy atom. The fourth-order valence-electron chi connectivity index (χ4n) is 1.71. The molecule has 0 atom stereocenters. The van der Waals surface area contributed by atoms with Crippen LogP contribution < -0.4 is 10.5 Å². The Kier molecular flexibility index (Phi) is 3.19. The monoisotopic (exact) mass is 285 g/mol. The molecule has 0 saturated carbocycles. The number of aromatic amines is 1. The number of ether oxygens (including phenoxy) is 1. The summed E-state index contributed by atoms with van der Waals surface area (Å²) in [5, 5.41) is 6.24. The summed E-state index contributed by atoms with van der Waals surface area (Å²) < 4.78 is 41.9. The molecule has 2 aromatic rings. The molecule has 3 N–H and O–H groups in total. The van der Waals surface area contributed by atoms with Gasteiger partial charge in [0.25, 0.3) is 0 Å². The minimum absolute atomic E-state index is 0.204. The first kappa shape index (κ1) is 13.3. The van der Waals surface area contributed by atoms with Crippen molar-refractivity contribution in [3.63, 3.8) is 0 Å². The third kappa shape index (κ3) is 2.39. The predicted octanol–water partition coefficient (Wildman–Crippen LogP) is 1.21. The number of sulfone groups is 1. The van der Waals surface area contributed by atoms with Crippen molar-refractivity contribution >= 4 is 15.7 Å². The van der Waals surface area contributed by atoms with Gasteiger partial charge in [0.15, 0.2) is 9.84 Å². The van der Waals surface area contributed by atoms with Crippen LogP contribution in [0.2, 0.25) is 0 Å². The van der Waals surface area contributed by atoms with E-state index >= 15 is 0 Å². The highest BCUT2D eigenvalue weighted by Crippen LogP contribution is 2.35. The van der Waals surface area contributed by atoms with Gasteiger partial charge >= 0.3 is 0 Å². The van der Waals surface area contributed by atoms with Crippen LogP contribution in [0.25, 0.3) is 11.1 Å². The molecule has 0 fully saturated rings. The lowest BCUT2D eigenvalue weighted by molar-refractivity contribution is 0.413. The Morgan fingerprint density at radius 3 is 2.53 bits per heavy atom. The zero-order chi connectivity index (χ0) is 14.2. The van der Waals surface area contributed by atoms with E-state index in [1.54, 1.807) is 0 Å². The maximum atomic E-state index is 13.9. The Morgan fingerprint density at radius 1 is 1.37 bits per heavy atom. The van der Waals surface area contributed by atoms with E-state index in [0.717, 1.165) is 18.4 Å². The van der Waals surface area contributed by atoms with Crippen LogP contribution in [0.15, 0.2) is 23.2 Å². The maximum absolute atomic E-state index is 13.9. The number of H-pyrrole nitrogens is 1. The van der Waals surface area contributed by atoms with Crippen molar-refractivity contribution in [2.24, 2.45) is 0 Å². The van der Waals surface area contributed by atoms with E-state index < -0.39 is 20.5 Å². The van der Waals surface area contributed by atoms with E-state index in [-0.39, 0.29) is 11.6 Å². The second kappa shape index (κ2) is 4.54. The van der Waals surface area contributed by atoms with Gasteiger partial charge in [-0.2, -0.15) is 5.10 Å². The molecule has 6 nitrogen and oxygen atoms in total. The van der Waals surface area contributed by atoms with Gasteiger partial charge in [0.2, 0.25) is 0 Å². The Bertz CT molecular complexity index is 725. The van der Waals surface area contributed by atoms with Crippen molar-refractivity contribution < 1.29 is 17.5 Å². The first-order valence-electron chi connectivity index (χ1n) is 5.21. The number of rotatable bonds is 3. The topological polar surface area (TPSA) is 98.1 Å². The number of nitrogens with zero attached hydrogens (tertiary/aromatic N) is 1. The van der Waals surface area contributed by atoms with Crippen LogP contribution in [0.4, 0.5) is 10.2 Å². The number of nitrogen functional groups attached to an aromatic ring is 1. The minimum atomic E-state index is -3.67. The van der Waals surface area contributed by atoms with Crippen LogP contribution in [0.1, 0.15) is 0 Å². The quantitative estimate of drug-likeness (QED) is 0.883. The highest BCUT2D eigenvalue weighted by molar-refractivity contribution is 7.90. The standard InChI is InChI=1S/C11H12FN3O3S/c1-18-9-4-10(19(2,16)17)8(12)3-6(9)7-5-14-15-11(7)13/h3-5H,1-2H3,(H3,13,14,15). The second-order valence-corrected chi connectivity index (χ2v) is 5.94. The third-order valence-corrected chi connectivity index (χ3v) is 3.72. The van der Waals surface area contributed by atoms with E-state index in [1.807, 2.05) is 0 Å². The van der Waals surface area contributed by atoms with Gasteiger partial charge in [0.1, 0.15) is 22.3 Å². The Balaban J connectivity index is 2.72. The summed E-state index contributed by atoms with van der Waals surface area (Å²) in [4.78, 5) is -0.421. The molecule has 0 bridgehead atoms. The summed E-state index contributed by atoms with van der Waals surface area (Å²) in [6, 6.07) is 2.20. The summed E-state index contributed by atoms with van der Waals surface area (Å²) >= 11 is 0. The molecular formula is C11H12FN3O3S. The summed E-state index contributed by atoms with van der Waals surface area (Å²) in [6.07, 6.45) is 2.34. The van der Waals surface area contributed by atoms with Gasteiger partial charge in [-0.3, -0.25) is 5.10 Å². The highest BCUT2D eigenvalue weighted by atomic mass is 32.2. The third-order valence-electron chi connectivity index (χ3n) is 2.61. The van der Waals surface area contributed by atoms with E-state index in [2.05, 4.69) is 10.2 Å². The molecule has 19 heavy (non-hydrogen) atoms. The van der Waals surface area contributed by atoms with Gasteiger partial charge in [-0.25, -0.2) is 12.8 Å². The van der Waals surface area contributed by atoms with Crippen LogP contribution in [0.5, 0.6) is 5.75 Å². The molecule has 0 spiro atoms. The predicted molar refractivity (Wildman–Crippen MR) is 68.1 cm³/mol. The molecule has 0 amide bonds. The average molecular weight is 285 g/mol. The molecule has 1 aromatic heterocycles. The number of methoxy groups -OCH3 is 1. The molecule has 8 heteroatoms. The van der Waals surface area contributed by atoms with E-state index in [0.29, 0.717) is 11.1 Å². The molecule has 0 radical (unpaired) electrons. The smallest absolute Gasteiger partial charge is 0.178 e. The van der Waals surface area contributed by atoms with Crippen LogP contribution >= 0.6 is 0 Å². The fourth-order valence-corrected chi connectivity index (χ4v) is 2.44. The van der Waals surface area contributed by atoms with Crippen molar-refractivity contribution in [1.29, 1.82) is 0 Å². The van der Waals surface area contributed by atoms with Crippen LogP contribution in [0, 0.1) is 5.82 Å². The molecule has 102 valence electrons. The SMILES string of the molecule is COc1cc(S(C)(=O)=O)c(F)cc1-c1cn[nH]c1N. The average Bonchev–Trinajstić information content (AvgIpc) is 2.73. The summed E-state index contributed by atoms with van der Waals surface area (Å²) in [5.74, 6) is -0.418. The number of nitrogens with two attached hydrogens (primary N) is 1. The van der Waals surface area contributed by atoms with Crippen molar-refractivity contribution in [1.82, 2.24) is 10.2 Å². The van der Waals surface area contributed by atoms with Crippen molar-refractivity contribution in [2.75, 3.05) is 19.1 Å². The number of hydrogen-bond acceptors (Lipinski definition) is 5. The first-order chi connectivity index (χ1) is 8.84. The second-order valence-electron chi connectivity index (χ2n) is 3.95. The molecule has 0 aliphatic carbocycles. The lowest BCUT2D eigenvalue weighted by atomic mass is 10.1. The molecule has 0 aliphatic heterocycles. The zero-order valence-corrected chi connectivity index (χ0v) is 11.1. The van der Waals surface area contributed by atoms with Crippen LogP contribution in [-0.4, -0.2) is 32.0 Å². The first-order valence-corrected chi connectivity index (χ1v) is 7.10. The lowest BCUT2D eigenvalue weighted by Gasteiger charge is -2.10. The van der Waals surface area contributed by atoms with Gasteiger partial charge in [-0.15, -0.1) is 0 Å². The van der Waals surface area contributed by atoms with Crippen LogP contribution in [0.3, 0.4) is 0 Å². The molecular weight excluding hydrogens is 273 g/mol. The Labute approximate surface area is 109 Å². The lowest BCUT2D eigenvalue weighted by Crippen LogP contribution is -2.03. The van der Waals surface area contributed by atoms with Crippen molar-refractivity contribution in [3.8, 4) is 16.9 Å². The van der Waals surface area contributed by atoms with E-state index in [1.165, 1.54) is 13.3 Å². The number of nitrogens with one attached hydrogen (secondary N) is 1.